The van der Waals surface area contributed by atoms with E-state index in [1.54, 1.807) is 18.3 Å². The molecular weight excluding hydrogens is 242 g/mol. The van der Waals surface area contributed by atoms with E-state index in [9.17, 15) is 4.79 Å². The van der Waals surface area contributed by atoms with Crippen LogP contribution in [0.3, 0.4) is 0 Å². The number of carbonyl (C=O) groups is 1. The van der Waals surface area contributed by atoms with Crippen molar-refractivity contribution in [2.45, 2.75) is 26.4 Å². The van der Waals surface area contributed by atoms with Gasteiger partial charge in [-0.25, -0.2) is 4.79 Å². The fourth-order valence-corrected chi connectivity index (χ4v) is 1.89. The molecule has 100 valence electrons. The Morgan fingerprint density at radius 1 is 1.42 bits per heavy atom. The van der Waals surface area contributed by atoms with Crippen molar-refractivity contribution in [1.82, 2.24) is 9.78 Å². The molecule has 2 rings (SSSR count). The zero-order chi connectivity index (χ0) is 13.7. The predicted molar refractivity (Wildman–Crippen MR) is 73.2 cm³/mol. The molecule has 1 heterocycles. The highest BCUT2D eigenvalue weighted by atomic mass is 16.4. The van der Waals surface area contributed by atoms with E-state index in [0.717, 1.165) is 24.2 Å². The number of benzene rings is 1. The van der Waals surface area contributed by atoms with Crippen molar-refractivity contribution < 1.29 is 9.90 Å². The zero-order valence-corrected chi connectivity index (χ0v) is 10.8. The van der Waals surface area contributed by atoms with E-state index in [0.29, 0.717) is 12.1 Å². The third kappa shape index (κ3) is 3.34. The van der Waals surface area contributed by atoms with Crippen LogP contribution in [0, 0.1) is 0 Å². The molecule has 0 amide bonds. The third-order valence-corrected chi connectivity index (χ3v) is 2.82. The molecule has 1 aromatic carbocycles. The molecule has 0 aliphatic rings. The largest absolute Gasteiger partial charge is 0.478 e. The fraction of sp³-hybridized carbons (Fsp3) is 0.286. The van der Waals surface area contributed by atoms with Gasteiger partial charge in [-0.2, -0.15) is 5.10 Å². The first-order valence-electron chi connectivity index (χ1n) is 6.28. The van der Waals surface area contributed by atoms with Crippen LogP contribution < -0.4 is 5.32 Å². The summed E-state index contributed by atoms with van der Waals surface area (Å²) in [5.74, 6) is -0.904. The molecule has 0 aliphatic heterocycles. The summed E-state index contributed by atoms with van der Waals surface area (Å²) >= 11 is 0. The van der Waals surface area contributed by atoms with E-state index >= 15 is 0 Å². The Morgan fingerprint density at radius 2 is 2.21 bits per heavy atom. The molecule has 0 saturated carbocycles. The lowest BCUT2D eigenvalue weighted by Gasteiger charge is -2.07. The van der Waals surface area contributed by atoms with Crippen molar-refractivity contribution in [2.24, 2.45) is 0 Å². The van der Waals surface area contributed by atoms with Gasteiger partial charge in [0, 0.05) is 19.3 Å². The topological polar surface area (TPSA) is 67.2 Å². The van der Waals surface area contributed by atoms with Crippen LogP contribution in [-0.2, 0) is 13.1 Å². The first-order chi connectivity index (χ1) is 9.20. The molecule has 5 nitrogen and oxygen atoms in total. The molecule has 0 spiro atoms. The molecule has 2 aromatic rings. The number of carboxylic acids is 1. The van der Waals surface area contributed by atoms with Crippen molar-refractivity contribution in [1.29, 1.82) is 0 Å². The number of nitrogens with one attached hydrogen (secondary N) is 1. The van der Waals surface area contributed by atoms with Crippen LogP contribution in [0.4, 0.5) is 5.69 Å². The molecule has 0 bridgehead atoms. The lowest BCUT2D eigenvalue weighted by molar-refractivity contribution is 0.0696. The molecule has 5 heteroatoms. The predicted octanol–water partition coefficient (Wildman–Crippen LogP) is 2.60. The highest BCUT2D eigenvalue weighted by molar-refractivity contribution is 5.89. The standard InChI is InChI=1S/C14H17N3O2/c1-2-7-17-10-12(9-16-17)15-8-11-5-3-4-6-13(11)14(18)19/h3-6,9-10,15H,2,7-8H2,1H3,(H,18,19). The van der Waals surface area contributed by atoms with Gasteiger partial charge in [0.15, 0.2) is 0 Å². The summed E-state index contributed by atoms with van der Waals surface area (Å²) < 4.78 is 1.87. The van der Waals surface area contributed by atoms with Crippen LogP contribution in [0.2, 0.25) is 0 Å². The van der Waals surface area contributed by atoms with Gasteiger partial charge in [0.05, 0.1) is 17.4 Å². The highest BCUT2D eigenvalue weighted by Crippen LogP contribution is 2.12. The molecule has 0 fully saturated rings. The van der Waals surface area contributed by atoms with Crippen LogP contribution in [0.15, 0.2) is 36.7 Å². The summed E-state index contributed by atoms with van der Waals surface area (Å²) in [5, 5.41) is 16.5. The highest BCUT2D eigenvalue weighted by Gasteiger charge is 2.08. The third-order valence-electron chi connectivity index (χ3n) is 2.82. The Balaban J connectivity index is 2.03. The van der Waals surface area contributed by atoms with Crippen LogP contribution >= 0.6 is 0 Å². The first-order valence-corrected chi connectivity index (χ1v) is 6.28. The molecule has 1 aromatic heterocycles. The van der Waals surface area contributed by atoms with Crippen molar-refractivity contribution in [2.75, 3.05) is 5.32 Å². The van der Waals surface area contributed by atoms with Gasteiger partial charge in [-0.15, -0.1) is 0 Å². The van der Waals surface area contributed by atoms with Crippen molar-refractivity contribution in [3.63, 3.8) is 0 Å². The van der Waals surface area contributed by atoms with Gasteiger partial charge in [0.1, 0.15) is 0 Å². The van der Waals surface area contributed by atoms with Gasteiger partial charge in [-0.05, 0) is 18.1 Å². The maximum atomic E-state index is 11.1. The summed E-state index contributed by atoms with van der Waals surface area (Å²) in [4.78, 5) is 11.1. The second kappa shape index (κ2) is 6.04. The summed E-state index contributed by atoms with van der Waals surface area (Å²) in [7, 11) is 0. The average molecular weight is 259 g/mol. The van der Waals surface area contributed by atoms with Gasteiger partial charge in [-0.1, -0.05) is 25.1 Å². The molecule has 0 atom stereocenters. The Morgan fingerprint density at radius 3 is 2.95 bits per heavy atom. The Hall–Kier alpha value is -2.30. The first kappa shape index (κ1) is 13.1. The zero-order valence-electron chi connectivity index (χ0n) is 10.8. The number of hydrogen-bond donors (Lipinski definition) is 2. The number of carboxylic acid groups (broad SMARTS) is 1. The van der Waals surface area contributed by atoms with E-state index in [2.05, 4.69) is 17.3 Å². The maximum Gasteiger partial charge on any atom is 0.336 e. The van der Waals surface area contributed by atoms with Crippen molar-refractivity contribution in [3.8, 4) is 0 Å². The summed E-state index contributed by atoms with van der Waals surface area (Å²) in [5.41, 5.74) is 1.99. The normalized spacial score (nSPS) is 10.4. The van der Waals surface area contributed by atoms with Gasteiger partial charge >= 0.3 is 5.97 Å². The van der Waals surface area contributed by atoms with E-state index in [-0.39, 0.29) is 0 Å². The second-order valence-corrected chi connectivity index (χ2v) is 4.31. The average Bonchev–Trinajstić information content (AvgIpc) is 2.85. The van der Waals surface area contributed by atoms with Gasteiger partial charge in [-0.3, -0.25) is 4.68 Å². The van der Waals surface area contributed by atoms with E-state index in [1.165, 1.54) is 0 Å². The summed E-state index contributed by atoms with van der Waals surface area (Å²) in [6, 6.07) is 6.99. The van der Waals surface area contributed by atoms with E-state index < -0.39 is 5.97 Å². The maximum absolute atomic E-state index is 11.1. The monoisotopic (exact) mass is 259 g/mol. The lowest BCUT2D eigenvalue weighted by Crippen LogP contribution is -2.06. The minimum absolute atomic E-state index is 0.330. The molecular formula is C14H17N3O2. The Kier molecular flexibility index (Phi) is 4.18. The van der Waals surface area contributed by atoms with Crippen LogP contribution in [0.5, 0.6) is 0 Å². The molecule has 0 radical (unpaired) electrons. The minimum Gasteiger partial charge on any atom is -0.478 e. The summed E-state index contributed by atoms with van der Waals surface area (Å²) in [6.45, 7) is 3.45. The van der Waals surface area contributed by atoms with E-state index in [1.807, 2.05) is 23.0 Å². The van der Waals surface area contributed by atoms with Gasteiger partial charge < -0.3 is 10.4 Å². The minimum atomic E-state index is -0.904. The molecule has 0 unspecified atom stereocenters. The number of aromatic nitrogens is 2. The van der Waals surface area contributed by atoms with Crippen LogP contribution in [0.1, 0.15) is 29.3 Å². The second-order valence-electron chi connectivity index (χ2n) is 4.31. The van der Waals surface area contributed by atoms with Crippen LogP contribution in [-0.4, -0.2) is 20.9 Å². The van der Waals surface area contributed by atoms with Gasteiger partial charge in [0.2, 0.25) is 0 Å². The molecule has 19 heavy (non-hydrogen) atoms. The lowest BCUT2D eigenvalue weighted by atomic mass is 10.1. The quantitative estimate of drug-likeness (QED) is 0.836. The number of aromatic carboxylic acids is 1. The Bertz CT molecular complexity index is 563. The number of nitrogens with zero attached hydrogens (tertiary/aromatic N) is 2. The van der Waals surface area contributed by atoms with Gasteiger partial charge in [0.25, 0.3) is 0 Å². The molecule has 2 N–H and O–H groups in total. The van der Waals surface area contributed by atoms with Crippen molar-refractivity contribution >= 4 is 11.7 Å². The molecule has 0 saturated heterocycles. The number of aryl methyl sites for hydroxylation is 1. The fourth-order valence-electron chi connectivity index (χ4n) is 1.89. The van der Waals surface area contributed by atoms with E-state index in [4.69, 9.17) is 5.11 Å². The number of anilines is 1. The molecule has 0 aliphatic carbocycles. The SMILES string of the molecule is CCCn1cc(NCc2ccccc2C(=O)O)cn1. The summed E-state index contributed by atoms with van der Waals surface area (Å²) in [6.07, 6.45) is 4.70. The van der Waals surface area contributed by atoms with Crippen LogP contribution in [0.25, 0.3) is 0 Å². The number of hydrogen-bond acceptors (Lipinski definition) is 3. The Labute approximate surface area is 111 Å². The number of rotatable bonds is 6. The van der Waals surface area contributed by atoms with Crippen molar-refractivity contribution in [3.05, 3.63) is 47.8 Å². The smallest absolute Gasteiger partial charge is 0.336 e.